The Balaban J connectivity index is 2.45. The van der Waals surface area contributed by atoms with Crippen LogP contribution in [0.1, 0.15) is 19.3 Å². The monoisotopic (exact) mass is 158 g/mol. The molecule has 0 heterocycles. The summed E-state index contributed by atoms with van der Waals surface area (Å²) in [6.07, 6.45) is 0.612. The Morgan fingerprint density at radius 1 is 1.55 bits per heavy atom. The first-order valence-corrected chi connectivity index (χ1v) is 3.68. The molecule has 1 fully saturated rings. The van der Waals surface area contributed by atoms with E-state index in [1.54, 1.807) is 0 Å². The van der Waals surface area contributed by atoms with Crippen molar-refractivity contribution in [2.45, 2.75) is 37.5 Å². The molecule has 0 spiro atoms. The fraction of sp³-hybridized carbons (Fsp3) is 1.00. The molecule has 0 aromatic rings. The molecule has 3 atom stereocenters. The van der Waals surface area contributed by atoms with Crippen molar-refractivity contribution in [1.29, 1.82) is 0 Å². The first-order valence-electron chi connectivity index (χ1n) is 3.68. The fourth-order valence-electron chi connectivity index (χ4n) is 1.30. The Labute approximate surface area is 64.2 Å². The zero-order valence-electron chi connectivity index (χ0n) is 6.15. The van der Waals surface area contributed by atoms with E-state index in [1.165, 1.54) is 0 Å². The topological polar surface area (TPSA) is 74.8 Å². The highest BCUT2D eigenvalue weighted by molar-refractivity contribution is 4.85. The van der Waals surface area contributed by atoms with Crippen LogP contribution in [-0.4, -0.2) is 18.3 Å². The van der Waals surface area contributed by atoms with Crippen LogP contribution >= 0.6 is 0 Å². The van der Waals surface area contributed by atoms with Crippen LogP contribution in [0.15, 0.2) is 5.11 Å². The lowest BCUT2D eigenvalue weighted by atomic mass is 9.91. The maximum atomic E-state index is 12.8. The van der Waals surface area contributed by atoms with E-state index in [0.29, 0.717) is 12.8 Å². The summed E-state index contributed by atoms with van der Waals surface area (Å²) in [6.45, 7) is 0. The van der Waals surface area contributed by atoms with E-state index < -0.39 is 6.17 Å². The van der Waals surface area contributed by atoms with E-state index in [-0.39, 0.29) is 18.5 Å². The van der Waals surface area contributed by atoms with Gasteiger partial charge >= 0.3 is 0 Å². The number of hydrogen-bond donors (Lipinski definition) is 1. The molecule has 1 rings (SSSR count). The lowest BCUT2D eigenvalue weighted by Gasteiger charge is -2.26. The van der Waals surface area contributed by atoms with Crippen LogP contribution in [0.25, 0.3) is 10.4 Å². The minimum atomic E-state index is -1.00. The zero-order chi connectivity index (χ0) is 8.27. The number of halogens is 1. The second kappa shape index (κ2) is 3.55. The van der Waals surface area contributed by atoms with E-state index >= 15 is 0 Å². The minimum absolute atomic E-state index is 0.185. The number of rotatable bonds is 1. The highest BCUT2D eigenvalue weighted by atomic mass is 19.1. The van der Waals surface area contributed by atoms with Crippen LogP contribution in [0, 0.1) is 0 Å². The van der Waals surface area contributed by atoms with E-state index in [2.05, 4.69) is 10.0 Å². The van der Waals surface area contributed by atoms with Crippen molar-refractivity contribution in [1.82, 2.24) is 0 Å². The highest BCUT2D eigenvalue weighted by Crippen LogP contribution is 2.22. The largest absolute Gasteiger partial charge is 0.325 e. The van der Waals surface area contributed by atoms with Gasteiger partial charge in [0.25, 0.3) is 0 Å². The maximum Gasteiger partial charge on any atom is 0.116 e. The number of nitrogens with zero attached hydrogens (tertiary/aromatic N) is 3. The third-order valence-corrected chi connectivity index (χ3v) is 2.01. The second-order valence-electron chi connectivity index (χ2n) is 2.85. The number of hydrogen-bond acceptors (Lipinski definition) is 2. The molecule has 0 aromatic carbocycles. The van der Waals surface area contributed by atoms with Gasteiger partial charge in [0, 0.05) is 17.0 Å². The van der Waals surface area contributed by atoms with Crippen LogP contribution in [0.5, 0.6) is 0 Å². The smallest absolute Gasteiger partial charge is 0.116 e. The molecule has 4 nitrogen and oxygen atoms in total. The molecule has 0 aromatic heterocycles. The number of azide groups is 1. The fourth-order valence-corrected chi connectivity index (χ4v) is 1.30. The van der Waals surface area contributed by atoms with Crippen LogP contribution in [-0.2, 0) is 0 Å². The summed E-state index contributed by atoms with van der Waals surface area (Å²) in [5.74, 6) is 0. The van der Waals surface area contributed by atoms with E-state index in [0.717, 1.165) is 0 Å². The molecule has 0 bridgehead atoms. The second-order valence-corrected chi connectivity index (χ2v) is 2.85. The van der Waals surface area contributed by atoms with E-state index in [9.17, 15) is 4.39 Å². The van der Waals surface area contributed by atoms with Gasteiger partial charge in [-0.3, -0.25) is 0 Å². The van der Waals surface area contributed by atoms with Gasteiger partial charge in [-0.05, 0) is 24.8 Å². The molecule has 11 heavy (non-hydrogen) atoms. The van der Waals surface area contributed by atoms with Crippen molar-refractivity contribution in [3.8, 4) is 0 Å². The summed E-state index contributed by atoms with van der Waals surface area (Å²) in [6, 6.07) is -0.546. The Morgan fingerprint density at radius 2 is 2.27 bits per heavy atom. The molecule has 1 aliphatic rings. The average Bonchev–Trinajstić information content (AvgIpc) is 1.98. The Kier molecular flexibility index (Phi) is 2.68. The van der Waals surface area contributed by atoms with Gasteiger partial charge < -0.3 is 5.73 Å². The maximum absolute atomic E-state index is 12.8. The molecule has 2 N–H and O–H groups in total. The van der Waals surface area contributed by atoms with Gasteiger partial charge in [0.1, 0.15) is 6.17 Å². The Bertz CT molecular complexity index is 177. The summed E-state index contributed by atoms with van der Waals surface area (Å²) in [4.78, 5) is 2.64. The van der Waals surface area contributed by atoms with Gasteiger partial charge in [-0.25, -0.2) is 4.39 Å². The van der Waals surface area contributed by atoms with Crippen molar-refractivity contribution >= 4 is 0 Å². The zero-order valence-corrected chi connectivity index (χ0v) is 6.15. The van der Waals surface area contributed by atoms with Crippen LogP contribution in [0.3, 0.4) is 0 Å². The summed E-state index contributed by atoms with van der Waals surface area (Å²) in [5, 5.41) is 3.45. The van der Waals surface area contributed by atoms with Gasteiger partial charge in [0.2, 0.25) is 0 Å². The molecule has 0 radical (unpaired) electrons. The van der Waals surface area contributed by atoms with Crippen molar-refractivity contribution in [3.63, 3.8) is 0 Å². The van der Waals surface area contributed by atoms with Gasteiger partial charge in [0.15, 0.2) is 0 Å². The summed E-state index contributed by atoms with van der Waals surface area (Å²) in [7, 11) is 0. The first-order chi connectivity index (χ1) is 5.24. The molecule has 62 valence electrons. The molecule has 0 aliphatic heterocycles. The van der Waals surface area contributed by atoms with Crippen molar-refractivity contribution < 1.29 is 4.39 Å². The van der Waals surface area contributed by atoms with Crippen LogP contribution < -0.4 is 5.73 Å². The summed E-state index contributed by atoms with van der Waals surface area (Å²) >= 11 is 0. The highest BCUT2D eigenvalue weighted by Gasteiger charge is 2.26. The molecular formula is C6H11FN4. The molecule has 0 amide bonds. The molecule has 1 saturated carbocycles. The van der Waals surface area contributed by atoms with Gasteiger partial charge in [-0.15, -0.1) is 0 Å². The molecule has 0 saturated heterocycles. The normalized spacial score (nSPS) is 37.8. The van der Waals surface area contributed by atoms with Crippen molar-refractivity contribution in [3.05, 3.63) is 10.4 Å². The predicted octanol–water partition coefficient (Wildman–Crippen LogP) is 1.51. The molecule has 5 heteroatoms. The number of nitrogens with two attached hydrogens (primary N) is 1. The van der Waals surface area contributed by atoms with E-state index in [4.69, 9.17) is 11.3 Å². The molecular weight excluding hydrogens is 147 g/mol. The average molecular weight is 158 g/mol. The van der Waals surface area contributed by atoms with Crippen LogP contribution in [0.4, 0.5) is 4.39 Å². The Hall–Kier alpha value is -0.800. The van der Waals surface area contributed by atoms with Gasteiger partial charge in [-0.1, -0.05) is 5.11 Å². The lowest BCUT2D eigenvalue weighted by molar-refractivity contribution is 0.201. The third kappa shape index (κ3) is 2.06. The predicted molar refractivity (Wildman–Crippen MR) is 39.7 cm³/mol. The minimum Gasteiger partial charge on any atom is -0.325 e. The SMILES string of the molecule is [N-]=[N+]=NC1CCC(N)C(F)C1. The standard InChI is InChI=1S/C6H11FN4/c7-5-3-4(10-11-9)1-2-6(5)8/h4-6H,1-3,8H2. The molecule has 3 unspecified atom stereocenters. The molecule has 1 aliphatic carbocycles. The summed E-state index contributed by atoms with van der Waals surface area (Å²) in [5.41, 5.74) is 13.5. The van der Waals surface area contributed by atoms with Crippen molar-refractivity contribution in [2.75, 3.05) is 0 Å². The Morgan fingerprint density at radius 3 is 2.82 bits per heavy atom. The van der Waals surface area contributed by atoms with E-state index in [1.807, 2.05) is 0 Å². The summed E-state index contributed by atoms with van der Waals surface area (Å²) < 4.78 is 12.8. The van der Waals surface area contributed by atoms with Gasteiger partial charge in [-0.2, -0.15) is 0 Å². The quantitative estimate of drug-likeness (QED) is 0.350. The van der Waals surface area contributed by atoms with Crippen molar-refractivity contribution in [2.24, 2.45) is 10.8 Å². The first kappa shape index (κ1) is 8.30. The van der Waals surface area contributed by atoms with Crippen LogP contribution in [0.2, 0.25) is 0 Å². The third-order valence-electron chi connectivity index (χ3n) is 2.01. The number of alkyl halides is 1. The lowest BCUT2D eigenvalue weighted by Crippen LogP contribution is -2.38. The van der Waals surface area contributed by atoms with Gasteiger partial charge in [0.05, 0.1) is 0 Å².